The Morgan fingerprint density at radius 2 is 2.00 bits per heavy atom. The van der Waals surface area contributed by atoms with Crippen molar-refractivity contribution in [2.45, 2.75) is 32.4 Å². The van der Waals surface area contributed by atoms with Gasteiger partial charge in [0.05, 0.1) is 0 Å². The molecule has 0 saturated carbocycles. The number of benzene rings is 1. The average Bonchev–Trinajstić information content (AvgIpc) is 2.68. The van der Waals surface area contributed by atoms with E-state index < -0.39 is 0 Å². The fourth-order valence-corrected chi connectivity index (χ4v) is 3.67. The van der Waals surface area contributed by atoms with Crippen LogP contribution >= 0.6 is 36.4 Å². The van der Waals surface area contributed by atoms with Gasteiger partial charge in [-0.1, -0.05) is 17.7 Å². The Morgan fingerprint density at radius 3 is 2.68 bits per heavy atom. The first-order chi connectivity index (χ1) is 12.7. The lowest BCUT2D eigenvalue weighted by Gasteiger charge is -2.32. The molecular formula is C21H30Cl3N3O. The number of likely N-dealkylation sites (tertiary alicyclic amines) is 1. The summed E-state index contributed by atoms with van der Waals surface area (Å²) in [5.41, 5.74) is 2.23. The summed E-state index contributed by atoms with van der Waals surface area (Å²) in [6.45, 7) is 4.81. The molecule has 3 rings (SSSR count). The van der Waals surface area contributed by atoms with Crippen molar-refractivity contribution in [1.82, 2.24) is 15.2 Å². The van der Waals surface area contributed by atoms with Crippen LogP contribution in [0.15, 0.2) is 42.7 Å². The highest BCUT2D eigenvalue weighted by molar-refractivity contribution is 6.30. The Morgan fingerprint density at radius 1 is 1.21 bits per heavy atom. The minimum Gasteiger partial charge on any atom is -0.489 e. The third kappa shape index (κ3) is 7.76. The zero-order chi connectivity index (χ0) is 18.2. The molecule has 2 aromatic rings. The number of piperidine rings is 1. The molecule has 0 amide bonds. The largest absolute Gasteiger partial charge is 0.489 e. The molecule has 156 valence electrons. The molecule has 1 N–H and O–H groups in total. The summed E-state index contributed by atoms with van der Waals surface area (Å²) in [6, 6.07) is 9.87. The number of hydrogen-bond donors (Lipinski definition) is 1. The molecule has 0 aliphatic carbocycles. The number of pyridine rings is 1. The summed E-state index contributed by atoms with van der Waals surface area (Å²) in [7, 11) is 2.03. The molecule has 0 atom stereocenters. The molecule has 1 aliphatic rings. The lowest BCUT2D eigenvalue weighted by Crippen LogP contribution is -2.34. The van der Waals surface area contributed by atoms with E-state index in [4.69, 9.17) is 16.3 Å². The zero-order valence-corrected chi connectivity index (χ0v) is 18.7. The van der Waals surface area contributed by atoms with Crippen LogP contribution in [0.1, 0.15) is 30.4 Å². The van der Waals surface area contributed by atoms with E-state index >= 15 is 0 Å². The van der Waals surface area contributed by atoms with Crippen molar-refractivity contribution in [2.24, 2.45) is 5.92 Å². The van der Waals surface area contributed by atoms with Gasteiger partial charge in [0.1, 0.15) is 12.4 Å². The molecule has 1 aromatic carbocycles. The fraction of sp³-hybridized carbons (Fsp3) is 0.476. The van der Waals surface area contributed by atoms with Crippen LogP contribution in [0.3, 0.4) is 0 Å². The minimum atomic E-state index is 0. The van der Waals surface area contributed by atoms with Crippen molar-refractivity contribution < 1.29 is 4.74 Å². The lowest BCUT2D eigenvalue weighted by molar-refractivity contribution is 0.170. The topological polar surface area (TPSA) is 37.4 Å². The van der Waals surface area contributed by atoms with Crippen LogP contribution in [0.5, 0.6) is 5.75 Å². The normalized spacial score (nSPS) is 14.8. The monoisotopic (exact) mass is 445 g/mol. The SMILES string of the molecule is CNCCC1CCN(Cc2cc(Cl)ccc2OCc2cccnc2)CC1.Cl.Cl. The van der Waals surface area contributed by atoms with Crippen LogP contribution in [0.4, 0.5) is 0 Å². The van der Waals surface area contributed by atoms with Crippen LogP contribution < -0.4 is 10.1 Å². The molecule has 7 heteroatoms. The Hall–Kier alpha value is -1.04. The van der Waals surface area contributed by atoms with E-state index in [9.17, 15) is 0 Å². The minimum absolute atomic E-state index is 0. The van der Waals surface area contributed by atoms with Gasteiger partial charge in [0.2, 0.25) is 0 Å². The third-order valence-corrected chi connectivity index (χ3v) is 5.28. The summed E-state index contributed by atoms with van der Waals surface area (Å²) < 4.78 is 6.06. The molecule has 2 heterocycles. The number of hydrogen-bond acceptors (Lipinski definition) is 4. The maximum absolute atomic E-state index is 6.24. The molecule has 1 saturated heterocycles. The first-order valence-corrected chi connectivity index (χ1v) is 9.79. The molecule has 0 unspecified atom stereocenters. The number of aromatic nitrogens is 1. The molecule has 1 aliphatic heterocycles. The van der Waals surface area contributed by atoms with E-state index in [2.05, 4.69) is 15.2 Å². The highest BCUT2D eigenvalue weighted by atomic mass is 35.5. The number of nitrogens with zero attached hydrogens (tertiary/aromatic N) is 2. The summed E-state index contributed by atoms with van der Waals surface area (Å²) in [4.78, 5) is 6.65. The molecule has 28 heavy (non-hydrogen) atoms. The van der Waals surface area contributed by atoms with E-state index in [1.807, 2.05) is 43.6 Å². The van der Waals surface area contributed by atoms with Gasteiger partial charge in [0.25, 0.3) is 0 Å². The zero-order valence-electron chi connectivity index (χ0n) is 16.3. The van der Waals surface area contributed by atoms with Gasteiger partial charge in [-0.2, -0.15) is 0 Å². The van der Waals surface area contributed by atoms with E-state index in [1.54, 1.807) is 6.20 Å². The van der Waals surface area contributed by atoms with Crippen molar-refractivity contribution in [3.05, 3.63) is 58.9 Å². The molecule has 0 spiro atoms. The van der Waals surface area contributed by atoms with E-state index in [0.717, 1.165) is 54.0 Å². The molecule has 0 bridgehead atoms. The predicted molar refractivity (Wildman–Crippen MR) is 121 cm³/mol. The summed E-state index contributed by atoms with van der Waals surface area (Å²) in [6.07, 6.45) is 7.44. The van der Waals surface area contributed by atoms with Crippen molar-refractivity contribution in [3.8, 4) is 5.75 Å². The summed E-state index contributed by atoms with van der Waals surface area (Å²) in [5.74, 6) is 1.76. The quantitative estimate of drug-likeness (QED) is 0.620. The standard InChI is InChI=1S/C21H28ClN3O.2ClH/c1-23-10-6-17-7-11-25(12-8-17)15-19-13-20(22)4-5-21(19)26-16-18-3-2-9-24-14-18;;/h2-5,9,13-14,17,23H,6-8,10-12,15-16H2,1H3;2*1H. The van der Waals surface area contributed by atoms with Gasteiger partial charge < -0.3 is 10.1 Å². The Kier molecular flexibility index (Phi) is 11.8. The van der Waals surface area contributed by atoms with Gasteiger partial charge in [-0.25, -0.2) is 0 Å². The summed E-state index contributed by atoms with van der Waals surface area (Å²) >= 11 is 6.24. The van der Waals surface area contributed by atoms with Gasteiger partial charge in [0, 0.05) is 35.1 Å². The van der Waals surface area contributed by atoms with E-state index in [1.165, 1.54) is 19.3 Å². The molecule has 1 fully saturated rings. The van der Waals surface area contributed by atoms with Crippen LogP contribution in [0, 0.1) is 5.92 Å². The molecule has 4 nitrogen and oxygen atoms in total. The summed E-state index contributed by atoms with van der Waals surface area (Å²) in [5, 5.41) is 4.02. The number of halogens is 3. The first kappa shape index (κ1) is 25.0. The maximum Gasteiger partial charge on any atom is 0.124 e. The number of ether oxygens (including phenoxy) is 1. The Balaban J connectivity index is 0.00000196. The van der Waals surface area contributed by atoms with Crippen molar-refractivity contribution >= 4 is 36.4 Å². The highest BCUT2D eigenvalue weighted by Crippen LogP contribution is 2.28. The van der Waals surface area contributed by atoms with Gasteiger partial charge in [0.15, 0.2) is 0 Å². The van der Waals surface area contributed by atoms with E-state index in [-0.39, 0.29) is 24.8 Å². The second-order valence-electron chi connectivity index (χ2n) is 7.01. The Labute approximate surface area is 185 Å². The van der Waals surface area contributed by atoms with Gasteiger partial charge in [-0.05, 0) is 76.1 Å². The van der Waals surface area contributed by atoms with Crippen LogP contribution in [-0.4, -0.2) is 36.6 Å². The number of nitrogens with one attached hydrogen (secondary N) is 1. The predicted octanol–water partition coefficient (Wildman–Crippen LogP) is 4.98. The highest BCUT2D eigenvalue weighted by Gasteiger charge is 2.20. The second-order valence-corrected chi connectivity index (χ2v) is 7.45. The van der Waals surface area contributed by atoms with Gasteiger partial charge >= 0.3 is 0 Å². The third-order valence-electron chi connectivity index (χ3n) is 5.04. The smallest absolute Gasteiger partial charge is 0.124 e. The van der Waals surface area contributed by atoms with Crippen molar-refractivity contribution in [3.63, 3.8) is 0 Å². The van der Waals surface area contributed by atoms with Crippen LogP contribution in [0.2, 0.25) is 5.02 Å². The van der Waals surface area contributed by atoms with Gasteiger partial charge in [-0.15, -0.1) is 24.8 Å². The molecule has 0 radical (unpaired) electrons. The maximum atomic E-state index is 6.24. The van der Waals surface area contributed by atoms with Crippen molar-refractivity contribution in [1.29, 1.82) is 0 Å². The molecule has 1 aromatic heterocycles. The van der Waals surface area contributed by atoms with Gasteiger partial charge in [-0.3, -0.25) is 9.88 Å². The average molecular weight is 447 g/mol. The second kappa shape index (κ2) is 13.2. The fourth-order valence-electron chi connectivity index (χ4n) is 3.48. The Bertz CT molecular complexity index is 680. The van der Waals surface area contributed by atoms with Crippen molar-refractivity contribution in [2.75, 3.05) is 26.7 Å². The molecular weight excluding hydrogens is 417 g/mol. The van der Waals surface area contributed by atoms with E-state index in [0.29, 0.717) is 6.61 Å². The lowest BCUT2D eigenvalue weighted by atomic mass is 9.93. The van der Waals surface area contributed by atoms with Crippen LogP contribution in [-0.2, 0) is 13.2 Å². The van der Waals surface area contributed by atoms with Crippen LogP contribution in [0.25, 0.3) is 0 Å². The first-order valence-electron chi connectivity index (χ1n) is 9.41. The number of rotatable bonds is 8.